The van der Waals surface area contributed by atoms with E-state index in [-0.39, 0.29) is 0 Å². The fraction of sp³-hybridized carbons (Fsp3) is 0.625. The highest BCUT2D eigenvalue weighted by Crippen LogP contribution is 2.30. The molecule has 0 radical (unpaired) electrons. The van der Waals surface area contributed by atoms with Gasteiger partial charge in [0.05, 0.1) is 5.60 Å². The van der Waals surface area contributed by atoms with Crippen molar-refractivity contribution in [2.45, 2.75) is 64.4 Å². The van der Waals surface area contributed by atoms with E-state index in [1.165, 1.54) is 42.4 Å². The molecule has 1 aliphatic carbocycles. The molecule has 1 nitrogen and oxygen atoms in total. The van der Waals surface area contributed by atoms with Gasteiger partial charge >= 0.3 is 0 Å². The molecule has 0 aromatic heterocycles. The lowest BCUT2D eigenvalue weighted by Crippen LogP contribution is -2.30. The van der Waals surface area contributed by atoms with E-state index in [4.69, 9.17) is 0 Å². The number of aryl methyl sites for hydroxylation is 2. The molecule has 1 saturated carbocycles. The topological polar surface area (TPSA) is 20.2 Å². The lowest BCUT2D eigenvalue weighted by atomic mass is 9.87. The van der Waals surface area contributed by atoms with Crippen molar-refractivity contribution in [1.29, 1.82) is 0 Å². The van der Waals surface area contributed by atoms with Gasteiger partial charge in [-0.1, -0.05) is 43.9 Å². The van der Waals surface area contributed by atoms with Gasteiger partial charge < -0.3 is 5.11 Å². The Morgan fingerprint density at radius 1 is 1.00 bits per heavy atom. The molecule has 0 atom stereocenters. The third-order valence-electron chi connectivity index (χ3n) is 4.14. The number of benzene rings is 1. The van der Waals surface area contributed by atoms with Crippen LogP contribution in [0.5, 0.6) is 0 Å². The molecule has 1 fully saturated rings. The van der Waals surface area contributed by atoms with Crippen molar-refractivity contribution in [3.63, 3.8) is 0 Å². The van der Waals surface area contributed by atoms with Gasteiger partial charge in [0.25, 0.3) is 0 Å². The van der Waals surface area contributed by atoms with Crippen LogP contribution in [0.25, 0.3) is 0 Å². The SMILES string of the molecule is Cc1ccc(CC2(O)CCCCCC2)cc1C. The van der Waals surface area contributed by atoms with E-state index >= 15 is 0 Å². The predicted octanol–water partition coefficient (Wildman–Crippen LogP) is 3.93. The van der Waals surface area contributed by atoms with Gasteiger partial charge in [0.15, 0.2) is 0 Å². The summed E-state index contributed by atoms with van der Waals surface area (Å²) >= 11 is 0. The Morgan fingerprint density at radius 3 is 2.24 bits per heavy atom. The first kappa shape index (κ1) is 12.6. The maximum absolute atomic E-state index is 10.7. The second-order valence-corrected chi connectivity index (χ2v) is 5.73. The molecule has 0 bridgehead atoms. The van der Waals surface area contributed by atoms with Crippen molar-refractivity contribution in [3.8, 4) is 0 Å². The van der Waals surface area contributed by atoms with Crippen molar-refractivity contribution in [1.82, 2.24) is 0 Å². The Balaban J connectivity index is 2.10. The highest BCUT2D eigenvalue weighted by atomic mass is 16.3. The van der Waals surface area contributed by atoms with Gasteiger partial charge in [-0.05, 0) is 43.4 Å². The van der Waals surface area contributed by atoms with Crippen molar-refractivity contribution in [2.75, 3.05) is 0 Å². The van der Waals surface area contributed by atoms with Crippen LogP contribution >= 0.6 is 0 Å². The number of hydrogen-bond donors (Lipinski definition) is 1. The Bertz CT molecular complexity index is 373. The highest BCUT2D eigenvalue weighted by molar-refractivity contribution is 5.30. The molecule has 0 aliphatic heterocycles. The van der Waals surface area contributed by atoms with Crippen molar-refractivity contribution >= 4 is 0 Å². The van der Waals surface area contributed by atoms with Gasteiger partial charge in [0, 0.05) is 6.42 Å². The summed E-state index contributed by atoms with van der Waals surface area (Å²) in [6, 6.07) is 6.58. The molecule has 1 aromatic rings. The fourth-order valence-corrected chi connectivity index (χ4v) is 2.86. The molecule has 94 valence electrons. The fourth-order valence-electron chi connectivity index (χ4n) is 2.86. The smallest absolute Gasteiger partial charge is 0.0688 e. The molecule has 0 saturated heterocycles. The van der Waals surface area contributed by atoms with E-state index in [9.17, 15) is 5.11 Å². The Kier molecular flexibility index (Phi) is 3.88. The van der Waals surface area contributed by atoms with Crippen molar-refractivity contribution < 1.29 is 5.11 Å². The standard InChI is InChI=1S/C16H24O/c1-13-7-8-15(11-14(13)2)12-16(17)9-5-3-4-6-10-16/h7-8,11,17H,3-6,9-10,12H2,1-2H3. The van der Waals surface area contributed by atoms with E-state index in [0.29, 0.717) is 0 Å². The van der Waals surface area contributed by atoms with Crippen LogP contribution in [0.15, 0.2) is 18.2 Å². The Hall–Kier alpha value is -0.820. The highest BCUT2D eigenvalue weighted by Gasteiger charge is 2.28. The number of hydrogen-bond acceptors (Lipinski definition) is 1. The minimum Gasteiger partial charge on any atom is -0.390 e. The maximum Gasteiger partial charge on any atom is 0.0688 e. The zero-order chi connectivity index (χ0) is 12.3. The van der Waals surface area contributed by atoms with Gasteiger partial charge in [-0.2, -0.15) is 0 Å². The molecule has 1 aromatic carbocycles. The summed E-state index contributed by atoms with van der Waals surface area (Å²) in [5, 5.41) is 10.7. The van der Waals surface area contributed by atoms with Crippen molar-refractivity contribution in [3.05, 3.63) is 34.9 Å². The van der Waals surface area contributed by atoms with Gasteiger partial charge in [-0.3, -0.25) is 0 Å². The molecular formula is C16H24O. The first-order chi connectivity index (χ1) is 8.09. The maximum atomic E-state index is 10.7. The van der Waals surface area contributed by atoms with E-state index in [2.05, 4.69) is 32.0 Å². The van der Waals surface area contributed by atoms with Gasteiger partial charge in [-0.15, -0.1) is 0 Å². The molecule has 1 aliphatic rings. The van der Waals surface area contributed by atoms with Crippen LogP contribution in [0, 0.1) is 13.8 Å². The molecule has 2 rings (SSSR count). The minimum atomic E-state index is -0.446. The van der Waals surface area contributed by atoms with Gasteiger partial charge in [-0.25, -0.2) is 0 Å². The Morgan fingerprint density at radius 2 is 1.65 bits per heavy atom. The van der Waals surface area contributed by atoms with E-state index < -0.39 is 5.60 Å². The number of aliphatic hydroxyl groups is 1. The monoisotopic (exact) mass is 232 g/mol. The normalized spacial score (nSPS) is 19.9. The van der Waals surface area contributed by atoms with Gasteiger partial charge in [0.2, 0.25) is 0 Å². The first-order valence-electron chi connectivity index (χ1n) is 6.88. The van der Waals surface area contributed by atoms with Crippen molar-refractivity contribution in [2.24, 2.45) is 0 Å². The molecule has 0 amide bonds. The van der Waals surface area contributed by atoms with Crippen LogP contribution in [0.4, 0.5) is 0 Å². The van der Waals surface area contributed by atoms with E-state index in [0.717, 1.165) is 19.3 Å². The molecule has 0 spiro atoms. The van der Waals surface area contributed by atoms with Crippen LogP contribution in [0.1, 0.15) is 55.2 Å². The molecule has 1 N–H and O–H groups in total. The van der Waals surface area contributed by atoms with Crippen LogP contribution in [0.3, 0.4) is 0 Å². The van der Waals surface area contributed by atoms with Crippen LogP contribution < -0.4 is 0 Å². The lowest BCUT2D eigenvalue weighted by molar-refractivity contribution is 0.0252. The van der Waals surface area contributed by atoms with Gasteiger partial charge in [0.1, 0.15) is 0 Å². The summed E-state index contributed by atoms with van der Waals surface area (Å²) in [7, 11) is 0. The second kappa shape index (κ2) is 5.22. The molecule has 0 unspecified atom stereocenters. The summed E-state index contributed by atoms with van der Waals surface area (Å²) in [5.41, 5.74) is 3.51. The Labute approximate surface area is 105 Å². The van der Waals surface area contributed by atoms with Crippen LogP contribution in [-0.4, -0.2) is 10.7 Å². The summed E-state index contributed by atoms with van der Waals surface area (Å²) in [4.78, 5) is 0. The average Bonchev–Trinajstić information content (AvgIpc) is 2.49. The third-order valence-corrected chi connectivity index (χ3v) is 4.14. The predicted molar refractivity (Wildman–Crippen MR) is 72.3 cm³/mol. The summed E-state index contributed by atoms with van der Waals surface area (Å²) in [6.45, 7) is 4.29. The molecule has 0 heterocycles. The average molecular weight is 232 g/mol. The summed E-state index contributed by atoms with van der Waals surface area (Å²) < 4.78 is 0. The molecule has 1 heteroatoms. The van der Waals surface area contributed by atoms with E-state index in [1.54, 1.807) is 0 Å². The quantitative estimate of drug-likeness (QED) is 0.766. The zero-order valence-corrected chi connectivity index (χ0v) is 11.1. The summed E-state index contributed by atoms with van der Waals surface area (Å²) in [6.07, 6.45) is 7.71. The van der Waals surface area contributed by atoms with Crippen LogP contribution in [0.2, 0.25) is 0 Å². The summed E-state index contributed by atoms with van der Waals surface area (Å²) in [5.74, 6) is 0. The zero-order valence-electron chi connectivity index (χ0n) is 11.1. The first-order valence-corrected chi connectivity index (χ1v) is 6.88. The molecule has 17 heavy (non-hydrogen) atoms. The third kappa shape index (κ3) is 3.32. The van der Waals surface area contributed by atoms with Crippen LogP contribution in [-0.2, 0) is 6.42 Å². The number of rotatable bonds is 2. The second-order valence-electron chi connectivity index (χ2n) is 5.73. The largest absolute Gasteiger partial charge is 0.390 e. The lowest BCUT2D eigenvalue weighted by Gasteiger charge is -2.27. The minimum absolute atomic E-state index is 0.446. The molecular weight excluding hydrogens is 208 g/mol. The van der Waals surface area contributed by atoms with E-state index in [1.807, 2.05) is 0 Å².